The number of rotatable bonds is 16. The van der Waals surface area contributed by atoms with Crippen LogP contribution < -0.4 is 10.6 Å². The molecule has 180 valence electrons. The summed E-state index contributed by atoms with van der Waals surface area (Å²) in [6.07, 6.45) is 0.338. The van der Waals surface area contributed by atoms with Gasteiger partial charge in [-0.15, -0.1) is 0 Å². The molecule has 0 fully saturated rings. The van der Waals surface area contributed by atoms with Gasteiger partial charge >= 0.3 is 15.4 Å². The minimum atomic E-state index is -5.04. The van der Waals surface area contributed by atoms with Crippen LogP contribution in [0.3, 0.4) is 0 Å². The third-order valence-corrected chi connectivity index (χ3v) is 5.65. The summed E-state index contributed by atoms with van der Waals surface area (Å²) in [6, 6.07) is 0. The Labute approximate surface area is 181 Å². The van der Waals surface area contributed by atoms with Crippen LogP contribution in [0.5, 0.6) is 0 Å². The Kier molecular flexibility index (Phi) is 13.3. The first-order chi connectivity index (χ1) is 14.1. The molecule has 0 radical (unpaired) electrons. The van der Waals surface area contributed by atoms with Gasteiger partial charge < -0.3 is 34.9 Å². The smallest absolute Gasteiger partial charge is 0.375 e. The van der Waals surface area contributed by atoms with Gasteiger partial charge in [0.15, 0.2) is 5.85 Å². The molecule has 0 heterocycles. The van der Waals surface area contributed by atoms with E-state index in [1.807, 2.05) is 0 Å². The molecule has 0 aromatic carbocycles. The van der Waals surface area contributed by atoms with Crippen LogP contribution in [0.1, 0.15) is 39.5 Å². The molecule has 0 saturated heterocycles. The summed E-state index contributed by atoms with van der Waals surface area (Å²) >= 11 is 0. The Morgan fingerprint density at radius 3 is 1.77 bits per heavy atom. The maximum Gasteiger partial charge on any atom is 0.470 e. The molecule has 0 aliphatic carbocycles. The van der Waals surface area contributed by atoms with Gasteiger partial charge in [-0.3, -0.25) is 18.7 Å². The molecule has 6 N–H and O–H groups in total. The predicted octanol–water partition coefficient (Wildman–Crippen LogP) is 0.930. The number of nitrogens with one attached hydrogen (secondary N) is 2. The highest BCUT2D eigenvalue weighted by Gasteiger charge is 2.35. The Hall–Kier alpha value is -1.36. The van der Waals surface area contributed by atoms with Gasteiger partial charge in [0, 0.05) is 30.8 Å². The fourth-order valence-electron chi connectivity index (χ4n) is 2.19. The van der Waals surface area contributed by atoms with Crippen LogP contribution >= 0.6 is 15.4 Å². The third-order valence-electron chi connectivity index (χ3n) is 3.84. The van der Waals surface area contributed by atoms with Gasteiger partial charge in [0.05, 0.1) is 6.10 Å². The highest BCUT2D eigenvalue weighted by Crippen LogP contribution is 2.52. The van der Waals surface area contributed by atoms with Crippen LogP contribution in [0.15, 0.2) is 24.3 Å². The van der Waals surface area contributed by atoms with E-state index >= 15 is 0 Å². The Morgan fingerprint density at radius 2 is 1.39 bits per heavy atom. The summed E-state index contributed by atoms with van der Waals surface area (Å²) in [5, 5.41) is 5.25. The number of phosphoric acid groups is 1. The quantitative estimate of drug-likeness (QED) is 0.104. The maximum absolute atomic E-state index is 11.7. The molecule has 0 aromatic rings. The fraction of sp³-hybridized carbons (Fsp3) is 0.647. The zero-order valence-corrected chi connectivity index (χ0v) is 19.4. The van der Waals surface area contributed by atoms with E-state index < -0.39 is 27.4 Å². The van der Waals surface area contributed by atoms with Crippen molar-refractivity contribution < 1.29 is 47.6 Å². The highest BCUT2D eigenvalue weighted by atomic mass is 31.2. The second-order valence-corrected chi connectivity index (χ2v) is 9.91. The minimum Gasteiger partial charge on any atom is -0.375 e. The second kappa shape index (κ2) is 13.9. The minimum absolute atomic E-state index is 0.124. The lowest BCUT2D eigenvalue weighted by atomic mass is 10.2. The van der Waals surface area contributed by atoms with E-state index in [1.54, 1.807) is 13.8 Å². The van der Waals surface area contributed by atoms with Gasteiger partial charge in [0.25, 0.3) is 0 Å². The van der Waals surface area contributed by atoms with E-state index in [2.05, 4.69) is 28.3 Å². The molecule has 31 heavy (non-hydrogen) atoms. The molecule has 0 saturated carbocycles. The highest BCUT2D eigenvalue weighted by molar-refractivity contribution is 7.53. The lowest BCUT2D eigenvalue weighted by Crippen LogP contribution is -2.42. The van der Waals surface area contributed by atoms with Gasteiger partial charge in [-0.25, -0.2) is 4.57 Å². The van der Waals surface area contributed by atoms with Crippen molar-refractivity contribution in [2.45, 2.75) is 51.5 Å². The first-order valence-corrected chi connectivity index (χ1v) is 12.6. The van der Waals surface area contributed by atoms with E-state index in [4.69, 9.17) is 24.3 Å². The normalized spacial score (nSPS) is 13.0. The van der Waals surface area contributed by atoms with Crippen molar-refractivity contribution >= 4 is 27.2 Å². The Balaban J connectivity index is 4.51. The molecule has 0 aliphatic heterocycles. The van der Waals surface area contributed by atoms with Crippen LogP contribution in [-0.4, -0.2) is 63.0 Å². The van der Waals surface area contributed by atoms with Gasteiger partial charge in [-0.1, -0.05) is 26.0 Å². The average molecular weight is 486 g/mol. The molecule has 2 amide bonds. The van der Waals surface area contributed by atoms with Crippen LogP contribution in [0.2, 0.25) is 0 Å². The first kappa shape index (κ1) is 29.6. The summed E-state index contributed by atoms with van der Waals surface area (Å²) in [5.74, 6) is -2.60. The number of hydrogen-bond acceptors (Lipinski definition) is 6. The molecule has 1 atom stereocenters. The number of ether oxygens (including phenoxy) is 1. The lowest BCUT2D eigenvalue weighted by Gasteiger charge is -2.20. The SMILES string of the molecule is C=C(C)C(=O)NCC(CNC(=O)C(=C)C)OCCCCCC(OP(=O)(O)O)P(=O)(O)O. The third kappa shape index (κ3) is 15.1. The largest absolute Gasteiger partial charge is 0.470 e. The Morgan fingerprint density at radius 1 is 0.903 bits per heavy atom. The summed E-state index contributed by atoms with van der Waals surface area (Å²) in [6.45, 7) is 10.6. The van der Waals surface area contributed by atoms with Crippen molar-refractivity contribution in [2.75, 3.05) is 19.7 Å². The van der Waals surface area contributed by atoms with Crippen molar-refractivity contribution in [3.05, 3.63) is 24.3 Å². The van der Waals surface area contributed by atoms with Crippen LogP contribution in [0.25, 0.3) is 0 Å². The van der Waals surface area contributed by atoms with Crippen LogP contribution in [0.4, 0.5) is 0 Å². The zero-order valence-electron chi connectivity index (χ0n) is 17.7. The molecule has 0 bridgehead atoms. The van der Waals surface area contributed by atoms with Crippen molar-refractivity contribution in [1.82, 2.24) is 10.6 Å². The molecular formula is C17H32N2O10P2. The first-order valence-electron chi connectivity index (χ1n) is 9.41. The van der Waals surface area contributed by atoms with Crippen LogP contribution in [0, 0.1) is 0 Å². The second-order valence-electron chi connectivity index (χ2n) is 6.96. The number of carbonyl (C=O) groups is 2. The fourth-order valence-corrected chi connectivity index (χ4v) is 3.99. The summed E-state index contributed by atoms with van der Waals surface area (Å²) < 4.78 is 32.0. The number of carbonyl (C=O) groups excluding carboxylic acids is 2. The topological polar surface area (TPSA) is 192 Å². The maximum atomic E-state index is 11.7. The van der Waals surface area contributed by atoms with Crippen molar-refractivity contribution in [3.63, 3.8) is 0 Å². The van der Waals surface area contributed by atoms with E-state index in [9.17, 15) is 18.7 Å². The van der Waals surface area contributed by atoms with Gasteiger partial charge in [-0.05, 0) is 26.7 Å². The summed E-state index contributed by atoms with van der Waals surface area (Å²) in [4.78, 5) is 59.1. The van der Waals surface area contributed by atoms with E-state index in [1.165, 1.54) is 0 Å². The monoisotopic (exact) mass is 486 g/mol. The summed E-state index contributed by atoms with van der Waals surface area (Å²) in [5.41, 5.74) is 0.642. The zero-order chi connectivity index (χ0) is 24.2. The van der Waals surface area contributed by atoms with Crippen molar-refractivity contribution in [1.29, 1.82) is 0 Å². The van der Waals surface area contributed by atoms with Crippen molar-refractivity contribution in [3.8, 4) is 0 Å². The number of unbranched alkanes of at least 4 members (excludes halogenated alkanes) is 2. The summed E-state index contributed by atoms with van der Waals surface area (Å²) in [7, 11) is -9.87. The van der Waals surface area contributed by atoms with Gasteiger partial charge in [-0.2, -0.15) is 0 Å². The number of amides is 2. The molecule has 1 unspecified atom stereocenters. The standard InChI is InChI=1S/C17H32N2O10P2/c1-12(2)16(20)18-10-14(11-19-17(21)13(3)4)28-9-7-5-6-8-15(30(22,23)24)29-31(25,26)27/h14-15H,1,3,5-11H2,2,4H3,(H,18,20)(H,19,21)(H2,22,23,24)(H2,25,26,27). The van der Waals surface area contributed by atoms with E-state index in [-0.39, 0.29) is 44.4 Å². The molecule has 0 aliphatic rings. The number of phosphoric ester groups is 1. The van der Waals surface area contributed by atoms with E-state index in [0.717, 1.165) is 0 Å². The molecule has 14 heteroatoms. The predicted molar refractivity (Wildman–Crippen MR) is 113 cm³/mol. The van der Waals surface area contributed by atoms with E-state index in [0.29, 0.717) is 24.0 Å². The van der Waals surface area contributed by atoms with Crippen LogP contribution in [-0.2, 0) is 28.0 Å². The van der Waals surface area contributed by atoms with Crippen molar-refractivity contribution in [2.24, 2.45) is 0 Å². The molecule has 0 aromatic heterocycles. The average Bonchev–Trinajstić information content (AvgIpc) is 2.62. The number of hydrogen-bond donors (Lipinski definition) is 6. The molecule has 0 spiro atoms. The Bertz CT molecular complexity index is 700. The molecular weight excluding hydrogens is 454 g/mol. The molecule has 12 nitrogen and oxygen atoms in total. The lowest BCUT2D eigenvalue weighted by molar-refractivity contribution is -0.118. The van der Waals surface area contributed by atoms with Gasteiger partial charge in [0.1, 0.15) is 0 Å². The molecule has 0 rings (SSSR count). The van der Waals surface area contributed by atoms with Gasteiger partial charge in [0.2, 0.25) is 11.8 Å².